The fraction of sp³-hybridized carbons (Fsp3) is 0.176. The fourth-order valence-electron chi connectivity index (χ4n) is 1.97. The third-order valence-corrected chi connectivity index (χ3v) is 3.08. The summed E-state index contributed by atoms with van der Waals surface area (Å²) in [7, 11) is 0. The first kappa shape index (κ1) is 18.3. The Bertz CT molecular complexity index is 779. The molecule has 0 unspecified atom stereocenters. The van der Waals surface area contributed by atoms with Gasteiger partial charge in [-0.25, -0.2) is 13.2 Å². The Hall–Kier alpha value is -3.03. The first-order chi connectivity index (χ1) is 11.9. The number of carbonyl (C=O) groups is 2. The molecule has 0 heterocycles. The predicted molar refractivity (Wildman–Crippen MR) is 85.8 cm³/mol. The van der Waals surface area contributed by atoms with Gasteiger partial charge in [0.2, 0.25) is 11.8 Å². The van der Waals surface area contributed by atoms with Crippen LogP contribution in [0.1, 0.15) is 13.3 Å². The van der Waals surface area contributed by atoms with Gasteiger partial charge in [-0.2, -0.15) is 0 Å². The van der Waals surface area contributed by atoms with Gasteiger partial charge in [0.1, 0.15) is 12.2 Å². The van der Waals surface area contributed by atoms with Crippen LogP contribution in [-0.4, -0.2) is 18.4 Å². The van der Waals surface area contributed by atoms with Crippen LogP contribution in [0.5, 0.6) is 5.75 Å². The summed E-state index contributed by atoms with van der Waals surface area (Å²) in [4.78, 5) is 23.5. The number of anilines is 2. The number of hydrogen-bond acceptors (Lipinski definition) is 3. The maximum Gasteiger partial charge on any atom is 0.233 e. The molecule has 0 fully saturated rings. The molecule has 0 aliphatic rings. The zero-order chi connectivity index (χ0) is 18.4. The Kier molecular flexibility index (Phi) is 5.99. The second-order valence-corrected chi connectivity index (χ2v) is 4.95. The third kappa shape index (κ3) is 4.97. The van der Waals surface area contributed by atoms with E-state index in [-0.39, 0.29) is 0 Å². The summed E-state index contributed by atoms with van der Waals surface area (Å²) in [5.41, 5.74) is -0.0990. The molecule has 0 saturated carbocycles. The van der Waals surface area contributed by atoms with E-state index in [1.807, 2.05) is 12.2 Å². The fourth-order valence-corrected chi connectivity index (χ4v) is 1.97. The molecular weight excluding hydrogens is 337 g/mol. The normalized spacial score (nSPS) is 10.2. The number of carbonyl (C=O) groups excluding carboxylic acids is 2. The number of benzene rings is 2. The van der Waals surface area contributed by atoms with Crippen molar-refractivity contribution in [1.82, 2.24) is 0 Å². The molecule has 0 aliphatic carbocycles. The Morgan fingerprint density at radius 1 is 0.920 bits per heavy atom. The number of amides is 2. The molecule has 0 atom stereocenters. The second-order valence-electron chi connectivity index (χ2n) is 4.95. The Balaban J connectivity index is 1.92. The van der Waals surface area contributed by atoms with E-state index in [0.29, 0.717) is 24.1 Å². The summed E-state index contributed by atoms with van der Waals surface area (Å²) in [6.45, 7) is 2.34. The lowest BCUT2D eigenvalue weighted by Gasteiger charge is -2.09. The van der Waals surface area contributed by atoms with E-state index in [1.54, 1.807) is 24.3 Å². The quantitative estimate of drug-likeness (QED) is 0.618. The van der Waals surface area contributed by atoms with E-state index in [2.05, 4.69) is 5.32 Å². The van der Waals surface area contributed by atoms with Crippen molar-refractivity contribution in [3.05, 3.63) is 53.8 Å². The third-order valence-electron chi connectivity index (χ3n) is 3.08. The van der Waals surface area contributed by atoms with Crippen molar-refractivity contribution in [2.75, 3.05) is 17.2 Å². The maximum atomic E-state index is 13.5. The summed E-state index contributed by atoms with van der Waals surface area (Å²) in [5, 5.41) is 4.50. The van der Waals surface area contributed by atoms with Gasteiger partial charge in [-0.1, -0.05) is 0 Å². The van der Waals surface area contributed by atoms with Crippen molar-refractivity contribution in [3.63, 3.8) is 0 Å². The van der Waals surface area contributed by atoms with E-state index < -0.39 is 41.4 Å². The summed E-state index contributed by atoms with van der Waals surface area (Å²) < 4.78 is 44.6. The summed E-state index contributed by atoms with van der Waals surface area (Å²) in [6.07, 6.45) is -0.619. The molecule has 0 spiro atoms. The van der Waals surface area contributed by atoms with Crippen molar-refractivity contribution in [3.8, 4) is 5.75 Å². The monoisotopic (exact) mass is 352 g/mol. The standard InChI is InChI=1S/C17H15F3N2O3/c1-2-25-11-5-3-10(4-6-11)21-14(23)9-15(24)22-13-8-7-12(18)16(19)17(13)20/h3-8H,2,9H2,1H3,(H,21,23)(H,22,24). The molecule has 8 heteroatoms. The minimum atomic E-state index is -1.70. The molecule has 0 saturated heterocycles. The lowest BCUT2D eigenvalue weighted by atomic mass is 10.2. The lowest BCUT2D eigenvalue weighted by molar-refractivity contribution is -0.123. The van der Waals surface area contributed by atoms with E-state index in [1.165, 1.54) is 0 Å². The van der Waals surface area contributed by atoms with Gasteiger partial charge in [-0.05, 0) is 43.3 Å². The highest BCUT2D eigenvalue weighted by atomic mass is 19.2. The van der Waals surface area contributed by atoms with Crippen LogP contribution in [0.25, 0.3) is 0 Å². The average molecular weight is 352 g/mol. The van der Waals surface area contributed by atoms with Crippen LogP contribution >= 0.6 is 0 Å². The Labute approximate surface area is 141 Å². The van der Waals surface area contributed by atoms with E-state index in [4.69, 9.17) is 4.74 Å². The molecule has 0 radical (unpaired) electrons. The maximum absolute atomic E-state index is 13.5. The highest BCUT2D eigenvalue weighted by molar-refractivity contribution is 6.08. The lowest BCUT2D eigenvalue weighted by Crippen LogP contribution is -2.22. The highest BCUT2D eigenvalue weighted by Crippen LogP contribution is 2.20. The molecule has 2 rings (SSSR count). The molecule has 5 nitrogen and oxygen atoms in total. The number of hydrogen-bond donors (Lipinski definition) is 2. The van der Waals surface area contributed by atoms with Gasteiger partial charge in [0.25, 0.3) is 0 Å². The van der Waals surface area contributed by atoms with E-state index in [0.717, 1.165) is 6.07 Å². The van der Waals surface area contributed by atoms with Crippen LogP contribution in [0, 0.1) is 17.5 Å². The molecule has 0 bridgehead atoms. The summed E-state index contributed by atoms with van der Waals surface area (Å²) in [5.74, 6) is -5.48. The Morgan fingerprint density at radius 3 is 2.20 bits per heavy atom. The van der Waals surface area contributed by atoms with Gasteiger partial charge in [0, 0.05) is 5.69 Å². The van der Waals surface area contributed by atoms with Crippen molar-refractivity contribution in [1.29, 1.82) is 0 Å². The highest BCUT2D eigenvalue weighted by Gasteiger charge is 2.16. The van der Waals surface area contributed by atoms with Crippen molar-refractivity contribution >= 4 is 23.2 Å². The topological polar surface area (TPSA) is 67.4 Å². The van der Waals surface area contributed by atoms with Crippen LogP contribution in [0.3, 0.4) is 0 Å². The minimum Gasteiger partial charge on any atom is -0.494 e. The van der Waals surface area contributed by atoms with Crippen LogP contribution in [-0.2, 0) is 9.59 Å². The van der Waals surface area contributed by atoms with Crippen molar-refractivity contribution in [2.24, 2.45) is 0 Å². The molecule has 2 aromatic rings. The number of ether oxygens (including phenoxy) is 1. The first-order valence-electron chi connectivity index (χ1n) is 7.36. The molecule has 25 heavy (non-hydrogen) atoms. The van der Waals surface area contributed by atoms with E-state index >= 15 is 0 Å². The van der Waals surface area contributed by atoms with Crippen LogP contribution in [0.4, 0.5) is 24.5 Å². The molecule has 2 amide bonds. The smallest absolute Gasteiger partial charge is 0.233 e. The zero-order valence-corrected chi connectivity index (χ0v) is 13.2. The summed E-state index contributed by atoms with van der Waals surface area (Å²) >= 11 is 0. The largest absolute Gasteiger partial charge is 0.494 e. The Morgan fingerprint density at radius 2 is 1.56 bits per heavy atom. The number of nitrogens with one attached hydrogen (secondary N) is 2. The SMILES string of the molecule is CCOc1ccc(NC(=O)CC(=O)Nc2ccc(F)c(F)c2F)cc1. The van der Waals surface area contributed by atoms with Gasteiger partial charge < -0.3 is 15.4 Å². The second kappa shape index (κ2) is 8.18. The molecule has 0 aliphatic heterocycles. The van der Waals surface area contributed by atoms with Crippen LogP contribution in [0.15, 0.2) is 36.4 Å². The number of halogens is 3. The van der Waals surface area contributed by atoms with Crippen molar-refractivity contribution in [2.45, 2.75) is 13.3 Å². The summed E-state index contributed by atoms with van der Waals surface area (Å²) in [6, 6.07) is 8.03. The van der Waals surface area contributed by atoms with Gasteiger partial charge in [0.15, 0.2) is 17.5 Å². The average Bonchev–Trinajstić information content (AvgIpc) is 2.57. The van der Waals surface area contributed by atoms with Gasteiger partial charge in [0.05, 0.1) is 12.3 Å². The number of rotatable bonds is 6. The molecular formula is C17H15F3N2O3. The molecule has 2 aromatic carbocycles. The predicted octanol–water partition coefficient (Wildman–Crippen LogP) is 3.47. The molecule has 0 aromatic heterocycles. The minimum absolute atomic E-state index is 0.445. The zero-order valence-electron chi connectivity index (χ0n) is 13.2. The van der Waals surface area contributed by atoms with Gasteiger partial charge in [-0.3, -0.25) is 9.59 Å². The van der Waals surface area contributed by atoms with E-state index in [9.17, 15) is 22.8 Å². The van der Waals surface area contributed by atoms with Gasteiger partial charge >= 0.3 is 0 Å². The molecule has 132 valence electrons. The first-order valence-corrected chi connectivity index (χ1v) is 7.36. The van der Waals surface area contributed by atoms with Crippen molar-refractivity contribution < 1.29 is 27.5 Å². The van der Waals surface area contributed by atoms with Crippen LogP contribution < -0.4 is 15.4 Å². The van der Waals surface area contributed by atoms with Gasteiger partial charge in [-0.15, -0.1) is 0 Å². The molecule has 2 N–H and O–H groups in total. The van der Waals surface area contributed by atoms with Crippen LogP contribution in [0.2, 0.25) is 0 Å².